The molecule has 1 N–H and O–H groups in total. The number of benzene rings is 1. The summed E-state index contributed by atoms with van der Waals surface area (Å²) in [5, 5.41) is 7.41. The minimum atomic E-state index is -0.0467. The van der Waals surface area contributed by atoms with Crippen LogP contribution in [0, 0.1) is 5.92 Å². The van der Waals surface area contributed by atoms with Crippen molar-refractivity contribution in [1.29, 1.82) is 0 Å². The zero-order chi connectivity index (χ0) is 18.9. The van der Waals surface area contributed by atoms with Crippen molar-refractivity contribution in [3.63, 3.8) is 0 Å². The van der Waals surface area contributed by atoms with Gasteiger partial charge in [-0.2, -0.15) is 5.10 Å². The van der Waals surface area contributed by atoms with Crippen LogP contribution in [0.3, 0.4) is 0 Å². The number of hydrogen-bond donors (Lipinski definition) is 1. The molecule has 0 bridgehead atoms. The Kier molecular flexibility index (Phi) is 4.93. The number of aromatic nitrogens is 2. The van der Waals surface area contributed by atoms with Crippen molar-refractivity contribution < 1.29 is 9.53 Å². The Balaban J connectivity index is 1.38. The van der Waals surface area contributed by atoms with Crippen LogP contribution >= 0.6 is 0 Å². The summed E-state index contributed by atoms with van der Waals surface area (Å²) in [7, 11) is 0. The minimum Gasteiger partial charge on any atom is -0.366 e. The molecule has 1 aliphatic heterocycles. The van der Waals surface area contributed by atoms with Gasteiger partial charge in [0, 0.05) is 12.5 Å². The second kappa shape index (κ2) is 7.70. The molecule has 3 fully saturated rings. The number of carbonyl (C=O) groups excluding carboxylic acids is 1. The highest BCUT2D eigenvalue weighted by atomic mass is 16.5. The lowest BCUT2D eigenvalue weighted by atomic mass is 9.85. The molecule has 2 heterocycles. The lowest BCUT2D eigenvalue weighted by Crippen LogP contribution is -2.47. The van der Waals surface area contributed by atoms with Crippen molar-refractivity contribution in [1.82, 2.24) is 15.1 Å². The molecule has 148 valence electrons. The molecule has 3 aliphatic rings. The predicted molar refractivity (Wildman–Crippen MR) is 107 cm³/mol. The second-order valence-corrected chi connectivity index (χ2v) is 8.65. The van der Waals surface area contributed by atoms with E-state index < -0.39 is 0 Å². The number of nitrogens with one attached hydrogen (secondary N) is 1. The van der Waals surface area contributed by atoms with E-state index in [9.17, 15) is 4.79 Å². The molecule has 2 aromatic rings. The molecule has 5 nitrogen and oxygen atoms in total. The average Bonchev–Trinajstić information content (AvgIpc) is 3.51. The van der Waals surface area contributed by atoms with Crippen molar-refractivity contribution in [2.24, 2.45) is 5.92 Å². The van der Waals surface area contributed by atoms with E-state index in [0.29, 0.717) is 24.9 Å². The lowest BCUT2D eigenvalue weighted by Gasteiger charge is -2.38. The summed E-state index contributed by atoms with van der Waals surface area (Å²) in [6, 6.07) is 10.3. The van der Waals surface area contributed by atoms with E-state index in [1.807, 2.05) is 23.1 Å². The molecule has 5 heteroatoms. The third-order valence-corrected chi connectivity index (χ3v) is 6.64. The molecule has 2 aliphatic carbocycles. The Hall–Kier alpha value is -2.14. The van der Waals surface area contributed by atoms with Gasteiger partial charge in [0.15, 0.2) is 0 Å². The number of H-pyrrole nitrogens is 1. The summed E-state index contributed by atoms with van der Waals surface area (Å²) in [6.07, 6.45) is 10.4. The number of amides is 1. The number of morpholine rings is 1. The van der Waals surface area contributed by atoms with Gasteiger partial charge in [-0.1, -0.05) is 49.6 Å². The van der Waals surface area contributed by atoms with Crippen LogP contribution in [0.1, 0.15) is 78.6 Å². The van der Waals surface area contributed by atoms with Crippen LogP contribution in [-0.2, 0) is 4.74 Å². The number of aromatic amines is 1. The highest BCUT2D eigenvalue weighted by Gasteiger charge is 2.41. The summed E-state index contributed by atoms with van der Waals surface area (Å²) in [6.45, 7) is 1.31. The third-order valence-electron chi connectivity index (χ3n) is 6.64. The van der Waals surface area contributed by atoms with Gasteiger partial charge in [0.2, 0.25) is 0 Å². The topological polar surface area (TPSA) is 58.2 Å². The van der Waals surface area contributed by atoms with E-state index in [-0.39, 0.29) is 18.1 Å². The van der Waals surface area contributed by atoms with Crippen LogP contribution in [0.2, 0.25) is 0 Å². The molecule has 2 atom stereocenters. The van der Waals surface area contributed by atoms with Gasteiger partial charge in [0.25, 0.3) is 5.91 Å². The van der Waals surface area contributed by atoms with Gasteiger partial charge in [-0.15, -0.1) is 0 Å². The predicted octanol–water partition coefficient (Wildman–Crippen LogP) is 4.45. The summed E-state index contributed by atoms with van der Waals surface area (Å²) >= 11 is 0. The van der Waals surface area contributed by atoms with Gasteiger partial charge < -0.3 is 9.64 Å². The van der Waals surface area contributed by atoms with Crippen LogP contribution in [0.4, 0.5) is 0 Å². The zero-order valence-corrected chi connectivity index (χ0v) is 16.3. The van der Waals surface area contributed by atoms with Gasteiger partial charge in [0.05, 0.1) is 30.1 Å². The fourth-order valence-corrected chi connectivity index (χ4v) is 4.87. The second-order valence-electron chi connectivity index (χ2n) is 8.65. The Morgan fingerprint density at radius 2 is 1.82 bits per heavy atom. The molecule has 0 spiro atoms. The highest BCUT2D eigenvalue weighted by Crippen LogP contribution is 2.40. The van der Waals surface area contributed by atoms with Crippen molar-refractivity contribution in [3.8, 4) is 0 Å². The number of rotatable bonds is 4. The van der Waals surface area contributed by atoms with Gasteiger partial charge in [0.1, 0.15) is 6.10 Å². The van der Waals surface area contributed by atoms with Gasteiger partial charge >= 0.3 is 0 Å². The van der Waals surface area contributed by atoms with Crippen LogP contribution in [0.15, 0.2) is 36.5 Å². The van der Waals surface area contributed by atoms with Crippen LogP contribution in [0.5, 0.6) is 0 Å². The molecule has 2 saturated carbocycles. The Bertz CT molecular complexity index is 808. The maximum absolute atomic E-state index is 13.5. The molecular formula is C23H29N3O2. The zero-order valence-electron chi connectivity index (χ0n) is 16.3. The van der Waals surface area contributed by atoms with Crippen LogP contribution in [0.25, 0.3) is 0 Å². The van der Waals surface area contributed by atoms with E-state index in [0.717, 1.165) is 29.7 Å². The van der Waals surface area contributed by atoms with E-state index in [1.54, 1.807) is 6.20 Å². The van der Waals surface area contributed by atoms with E-state index >= 15 is 0 Å². The first kappa shape index (κ1) is 17.9. The molecule has 1 aromatic carbocycles. The van der Waals surface area contributed by atoms with Crippen molar-refractivity contribution in [2.75, 3.05) is 13.1 Å². The van der Waals surface area contributed by atoms with Gasteiger partial charge in [-0.05, 0) is 37.2 Å². The highest BCUT2D eigenvalue weighted by molar-refractivity contribution is 5.95. The first-order valence-corrected chi connectivity index (χ1v) is 10.8. The third kappa shape index (κ3) is 3.60. The number of ether oxygens (including phenoxy) is 1. The van der Waals surface area contributed by atoms with E-state index in [4.69, 9.17) is 4.74 Å². The first-order valence-electron chi connectivity index (χ1n) is 10.8. The molecular weight excluding hydrogens is 350 g/mol. The molecule has 0 radical (unpaired) electrons. The van der Waals surface area contributed by atoms with Crippen LogP contribution < -0.4 is 0 Å². The lowest BCUT2D eigenvalue weighted by molar-refractivity contribution is -0.0864. The largest absolute Gasteiger partial charge is 0.366 e. The summed E-state index contributed by atoms with van der Waals surface area (Å²) in [5.41, 5.74) is 2.98. The quantitative estimate of drug-likeness (QED) is 0.854. The van der Waals surface area contributed by atoms with Gasteiger partial charge in [-0.3, -0.25) is 9.89 Å². The average molecular weight is 380 g/mol. The minimum absolute atomic E-state index is 0.0467. The Morgan fingerprint density at radius 3 is 2.57 bits per heavy atom. The normalized spacial score (nSPS) is 26.4. The van der Waals surface area contributed by atoms with Crippen molar-refractivity contribution in [2.45, 2.75) is 63.1 Å². The summed E-state index contributed by atoms with van der Waals surface area (Å²) < 4.78 is 6.42. The van der Waals surface area contributed by atoms with Crippen LogP contribution in [-0.4, -0.2) is 40.2 Å². The molecule has 5 rings (SSSR count). The standard InChI is InChI=1S/C23H29N3O2/c27-23(19-13-24-25-22(19)18-9-5-2-6-10-18)26-14-20(16-7-3-1-4-8-16)28-21(15-26)17-11-12-17/h1,3-4,7-8,13,17-18,20-21H,2,5-6,9-12,14-15H2,(H,24,25)/t20-,21+/m0/s1. The van der Waals surface area contributed by atoms with E-state index in [2.05, 4.69) is 22.3 Å². The van der Waals surface area contributed by atoms with Crippen molar-refractivity contribution in [3.05, 3.63) is 53.3 Å². The monoisotopic (exact) mass is 379 g/mol. The Morgan fingerprint density at radius 1 is 1.04 bits per heavy atom. The molecule has 1 saturated heterocycles. The SMILES string of the molecule is O=C(c1cn[nH]c1C1CCCCC1)N1C[C@@H](c2ccccc2)O[C@@H](C2CC2)C1. The van der Waals surface area contributed by atoms with Crippen molar-refractivity contribution >= 4 is 5.91 Å². The fourth-order valence-electron chi connectivity index (χ4n) is 4.87. The number of nitrogens with zero attached hydrogens (tertiary/aromatic N) is 2. The fraction of sp³-hybridized carbons (Fsp3) is 0.565. The molecule has 28 heavy (non-hydrogen) atoms. The molecule has 1 aromatic heterocycles. The number of hydrogen-bond acceptors (Lipinski definition) is 3. The summed E-state index contributed by atoms with van der Waals surface area (Å²) in [4.78, 5) is 15.5. The molecule has 1 amide bonds. The smallest absolute Gasteiger partial charge is 0.257 e. The number of carbonyl (C=O) groups is 1. The summed E-state index contributed by atoms with van der Waals surface area (Å²) in [5.74, 6) is 1.16. The first-order chi connectivity index (χ1) is 13.8. The Labute approximate surface area is 166 Å². The maximum atomic E-state index is 13.5. The van der Waals surface area contributed by atoms with E-state index in [1.165, 1.54) is 32.1 Å². The maximum Gasteiger partial charge on any atom is 0.257 e. The molecule has 0 unspecified atom stereocenters. The van der Waals surface area contributed by atoms with Gasteiger partial charge in [-0.25, -0.2) is 0 Å².